The lowest BCUT2D eigenvalue weighted by atomic mass is 10.3. The topological polar surface area (TPSA) is 81.5 Å². The molecule has 1 fully saturated rings. The maximum absolute atomic E-state index is 12.8. The maximum Gasteiger partial charge on any atom is 0.310 e. The summed E-state index contributed by atoms with van der Waals surface area (Å²) in [5, 5.41) is 31.4. The predicted molar refractivity (Wildman–Crippen MR) is 73.7 cm³/mol. The minimum atomic E-state index is -1.21. The zero-order valence-corrected chi connectivity index (χ0v) is 12.5. The van der Waals surface area contributed by atoms with Gasteiger partial charge in [-0.15, -0.1) is 28.3 Å². The number of aliphatic hydroxyl groups is 1. The average molecular weight is 329 g/mol. The highest BCUT2D eigenvalue weighted by Gasteiger charge is 2.50. The number of ether oxygens (including phenoxy) is 1. The lowest BCUT2D eigenvalue weighted by Crippen LogP contribution is -2.51. The molecule has 0 amide bonds. The second kappa shape index (κ2) is 6.15. The van der Waals surface area contributed by atoms with Crippen molar-refractivity contribution in [3.63, 3.8) is 0 Å². The van der Waals surface area contributed by atoms with E-state index < -0.39 is 16.9 Å². The molecule has 0 aliphatic carbocycles. The Kier molecular flexibility index (Phi) is 4.96. The summed E-state index contributed by atoms with van der Waals surface area (Å²) in [6, 6.07) is -0.336. The van der Waals surface area contributed by atoms with E-state index in [0.717, 1.165) is 11.3 Å². The van der Waals surface area contributed by atoms with Crippen LogP contribution in [-0.4, -0.2) is 58.9 Å². The summed E-state index contributed by atoms with van der Waals surface area (Å²) in [4.78, 5) is 1.66. The van der Waals surface area contributed by atoms with Crippen LogP contribution in [0.5, 0.6) is 0 Å². The zero-order valence-electron chi connectivity index (χ0n) is 10.2. The van der Waals surface area contributed by atoms with E-state index in [2.05, 4.69) is 10.2 Å². The summed E-state index contributed by atoms with van der Waals surface area (Å²) in [6.07, 6.45) is -1.21. The Morgan fingerprint density at radius 1 is 1.58 bits per heavy atom. The lowest BCUT2D eigenvalue weighted by molar-refractivity contribution is 0.0218. The SMILES string of the molecule is COCC1C(O)[N+]([O-])(c2nnc(CCl)s2)CN1CCl. The van der Waals surface area contributed by atoms with Crippen LogP contribution in [0.3, 0.4) is 0 Å². The summed E-state index contributed by atoms with van der Waals surface area (Å²) in [5.41, 5.74) is 0. The van der Waals surface area contributed by atoms with Crippen LogP contribution in [-0.2, 0) is 10.6 Å². The Morgan fingerprint density at radius 2 is 2.32 bits per heavy atom. The van der Waals surface area contributed by atoms with Crippen molar-refractivity contribution in [2.75, 3.05) is 26.4 Å². The monoisotopic (exact) mass is 328 g/mol. The highest BCUT2D eigenvalue weighted by atomic mass is 35.5. The molecule has 19 heavy (non-hydrogen) atoms. The largest absolute Gasteiger partial charge is 0.623 e. The van der Waals surface area contributed by atoms with E-state index in [0.29, 0.717) is 5.01 Å². The van der Waals surface area contributed by atoms with Crippen LogP contribution < -0.4 is 4.65 Å². The minimum Gasteiger partial charge on any atom is -0.623 e. The molecular weight excluding hydrogens is 315 g/mol. The van der Waals surface area contributed by atoms with Crippen LogP contribution in [0.2, 0.25) is 0 Å². The van der Waals surface area contributed by atoms with Gasteiger partial charge in [0.25, 0.3) is 0 Å². The molecule has 0 bridgehead atoms. The van der Waals surface area contributed by atoms with E-state index in [-0.39, 0.29) is 30.3 Å². The van der Waals surface area contributed by atoms with Crippen molar-refractivity contribution in [1.29, 1.82) is 0 Å². The summed E-state index contributed by atoms with van der Waals surface area (Å²) in [5.74, 6) is 0.189. The first-order valence-corrected chi connectivity index (χ1v) is 7.40. The molecule has 1 aliphatic rings. The summed E-state index contributed by atoms with van der Waals surface area (Å²) in [7, 11) is 1.51. The van der Waals surface area contributed by atoms with E-state index in [1.165, 1.54) is 7.11 Å². The van der Waals surface area contributed by atoms with E-state index in [4.69, 9.17) is 27.9 Å². The number of hydroxylamine groups is 2. The number of methoxy groups -OCH3 is 1. The molecule has 7 nitrogen and oxygen atoms in total. The van der Waals surface area contributed by atoms with E-state index in [9.17, 15) is 10.3 Å². The van der Waals surface area contributed by atoms with Crippen molar-refractivity contribution in [3.8, 4) is 0 Å². The molecule has 10 heteroatoms. The zero-order chi connectivity index (χ0) is 14.0. The molecule has 2 rings (SSSR count). The number of hydrogen-bond donors (Lipinski definition) is 1. The number of alkyl halides is 2. The first kappa shape index (κ1) is 15.3. The van der Waals surface area contributed by atoms with Gasteiger partial charge < -0.3 is 15.1 Å². The standard InChI is InChI=1S/C9H14Cl2N4O3S/c1-18-3-6-8(16)15(17,5-14(6)4-11)9-13-12-7(2-10)19-9/h6,8,16H,2-5H2,1H3. The van der Waals surface area contributed by atoms with Gasteiger partial charge in [-0.25, -0.2) is 4.90 Å². The fourth-order valence-corrected chi connectivity index (χ4v) is 3.26. The molecule has 108 valence electrons. The van der Waals surface area contributed by atoms with Gasteiger partial charge in [-0.1, -0.05) is 5.10 Å². The normalized spacial score (nSPS) is 32.1. The maximum atomic E-state index is 12.8. The van der Waals surface area contributed by atoms with Crippen molar-refractivity contribution < 1.29 is 9.84 Å². The molecule has 2 heterocycles. The third kappa shape index (κ3) is 2.72. The fourth-order valence-electron chi connectivity index (χ4n) is 2.04. The van der Waals surface area contributed by atoms with Gasteiger partial charge in [0.2, 0.25) is 6.23 Å². The van der Waals surface area contributed by atoms with Crippen LogP contribution in [0.15, 0.2) is 0 Å². The van der Waals surface area contributed by atoms with Crippen molar-refractivity contribution in [3.05, 3.63) is 10.2 Å². The summed E-state index contributed by atoms with van der Waals surface area (Å²) < 4.78 is 4.03. The Balaban J connectivity index is 2.27. The first-order valence-electron chi connectivity index (χ1n) is 5.51. The molecule has 1 aliphatic heterocycles. The molecule has 1 aromatic heterocycles. The molecule has 3 unspecified atom stereocenters. The average Bonchev–Trinajstić information content (AvgIpc) is 2.98. The number of rotatable bonds is 5. The Bertz CT molecular complexity index is 437. The van der Waals surface area contributed by atoms with Crippen LogP contribution in [0, 0.1) is 5.21 Å². The van der Waals surface area contributed by atoms with Gasteiger partial charge >= 0.3 is 5.13 Å². The Hall–Kier alpha value is -0.0600. The Morgan fingerprint density at radius 3 is 2.84 bits per heavy atom. The third-order valence-electron chi connectivity index (χ3n) is 3.02. The van der Waals surface area contributed by atoms with Crippen molar-refractivity contribution in [2.24, 2.45) is 0 Å². The Labute approximate surface area is 124 Å². The number of aliphatic hydroxyl groups excluding tert-OH is 1. The fraction of sp³-hybridized carbons (Fsp3) is 0.778. The van der Waals surface area contributed by atoms with Gasteiger partial charge in [-0.3, -0.25) is 4.65 Å². The highest BCUT2D eigenvalue weighted by molar-refractivity contribution is 7.15. The second-order valence-corrected chi connectivity index (χ2v) is 5.74. The molecule has 1 saturated heterocycles. The summed E-state index contributed by atoms with van der Waals surface area (Å²) in [6.45, 7) is 0.229. The number of quaternary nitrogens is 1. The van der Waals surface area contributed by atoms with E-state index in [1.54, 1.807) is 4.90 Å². The number of aromatic nitrogens is 2. The molecule has 0 spiro atoms. The minimum absolute atomic E-state index is 0.00954. The van der Waals surface area contributed by atoms with Crippen molar-refractivity contribution >= 4 is 39.7 Å². The van der Waals surface area contributed by atoms with Crippen molar-refractivity contribution in [1.82, 2.24) is 19.7 Å². The van der Waals surface area contributed by atoms with Crippen LogP contribution >= 0.6 is 34.5 Å². The van der Waals surface area contributed by atoms with Crippen molar-refractivity contribution in [2.45, 2.75) is 18.1 Å². The van der Waals surface area contributed by atoms with Gasteiger partial charge in [-0.2, -0.15) is 0 Å². The first-order chi connectivity index (χ1) is 9.06. The lowest BCUT2D eigenvalue weighted by Gasteiger charge is -2.37. The van der Waals surface area contributed by atoms with Crippen LogP contribution in [0.4, 0.5) is 5.13 Å². The van der Waals surface area contributed by atoms with Gasteiger partial charge in [0, 0.05) is 7.11 Å². The second-order valence-electron chi connectivity index (χ2n) is 4.19. The third-order valence-corrected chi connectivity index (χ3v) is 4.77. The summed E-state index contributed by atoms with van der Waals surface area (Å²) >= 11 is 12.6. The van der Waals surface area contributed by atoms with Gasteiger partial charge in [0.1, 0.15) is 17.7 Å². The van der Waals surface area contributed by atoms with Gasteiger partial charge in [0.05, 0.1) is 18.5 Å². The molecule has 3 atom stereocenters. The van der Waals surface area contributed by atoms with E-state index in [1.807, 2.05) is 0 Å². The van der Waals surface area contributed by atoms with E-state index >= 15 is 0 Å². The molecule has 1 N–H and O–H groups in total. The molecule has 0 radical (unpaired) electrons. The van der Waals surface area contributed by atoms with Gasteiger partial charge in [0.15, 0.2) is 0 Å². The highest BCUT2D eigenvalue weighted by Crippen LogP contribution is 2.36. The van der Waals surface area contributed by atoms with Crippen LogP contribution in [0.25, 0.3) is 0 Å². The van der Waals surface area contributed by atoms with Gasteiger partial charge in [-0.05, 0) is 11.3 Å². The molecular formula is C9H14Cl2N4O3S. The predicted octanol–water partition coefficient (Wildman–Crippen LogP) is 0.885. The number of hydrogen-bond acceptors (Lipinski definition) is 7. The van der Waals surface area contributed by atoms with Crippen LogP contribution in [0.1, 0.15) is 5.01 Å². The smallest absolute Gasteiger partial charge is 0.310 e. The molecule has 0 aromatic carbocycles. The quantitative estimate of drug-likeness (QED) is 0.374. The number of halogens is 2. The molecule has 1 aromatic rings. The molecule has 0 saturated carbocycles. The number of nitrogens with zero attached hydrogens (tertiary/aromatic N) is 4.